The number of carbonyl (C=O) groups excluding carboxylic acids is 2. The van der Waals surface area contributed by atoms with Gasteiger partial charge in [-0.1, -0.05) is 54.4 Å². The van der Waals surface area contributed by atoms with E-state index in [-0.39, 0.29) is 25.2 Å². The molecule has 0 radical (unpaired) electrons. The third kappa shape index (κ3) is 7.64. The minimum Gasteiger partial charge on any atom is -0.460 e. The summed E-state index contributed by atoms with van der Waals surface area (Å²) in [6.45, 7) is 5.56. The lowest BCUT2D eigenvalue weighted by atomic mass is 9.98. The molecule has 0 aromatic rings. The van der Waals surface area contributed by atoms with Crippen molar-refractivity contribution >= 4 is 59.9 Å². The van der Waals surface area contributed by atoms with Crippen LogP contribution in [0.25, 0.3) is 0 Å². The van der Waals surface area contributed by atoms with Crippen LogP contribution in [0.4, 0.5) is 4.79 Å². The van der Waals surface area contributed by atoms with Crippen LogP contribution in [0.1, 0.15) is 6.92 Å². The highest BCUT2D eigenvalue weighted by molar-refractivity contribution is 9.10. The molecule has 1 amide bonds. The van der Waals surface area contributed by atoms with Gasteiger partial charge in [-0.3, -0.25) is 0 Å². The van der Waals surface area contributed by atoms with Gasteiger partial charge in [-0.25, -0.2) is 9.59 Å². The molecular formula is C12H18Br3NO4. The molecule has 0 spiro atoms. The number of hydrogen-bond acceptors (Lipinski definition) is 4. The molecule has 0 unspecified atom stereocenters. The minimum absolute atomic E-state index is 0.0846. The minimum atomic E-state index is -0.538. The lowest BCUT2D eigenvalue weighted by Gasteiger charge is -2.26. The second-order valence-corrected chi connectivity index (χ2v) is 6.00. The van der Waals surface area contributed by atoms with E-state index in [1.54, 1.807) is 6.92 Å². The van der Waals surface area contributed by atoms with Crippen LogP contribution in [-0.2, 0) is 14.3 Å². The molecule has 0 aromatic heterocycles. The highest BCUT2D eigenvalue weighted by atomic mass is 79.9. The molecule has 20 heavy (non-hydrogen) atoms. The van der Waals surface area contributed by atoms with Crippen LogP contribution in [0.3, 0.4) is 0 Å². The van der Waals surface area contributed by atoms with Gasteiger partial charge in [-0.05, 0) is 6.92 Å². The zero-order valence-corrected chi connectivity index (χ0v) is 16.0. The van der Waals surface area contributed by atoms with Crippen molar-refractivity contribution in [2.24, 2.45) is 5.41 Å². The molecule has 0 rings (SSSR count). The van der Waals surface area contributed by atoms with Crippen molar-refractivity contribution in [2.45, 2.75) is 6.92 Å². The summed E-state index contributed by atoms with van der Waals surface area (Å²) >= 11 is 10.2. The van der Waals surface area contributed by atoms with Gasteiger partial charge in [0.1, 0.15) is 13.2 Å². The van der Waals surface area contributed by atoms with Gasteiger partial charge < -0.3 is 14.8 Å². The van der Waals surface area contributed by atoms with E-state index in [1.807, 2.05) is 0 Å². The van der Waals surface area contributed by atoms with E-state index >= 15 is 0 Å². The first kappa shape index (κ1) is 19.9. The Morgan fingerprint density at radius 1 is 1.15 bits per heavy atom. The third-order valence-electron chi connectivity index (χ3n) is 2.31. The number of ether oxygens (including phenoxy) is 2. The Kier molecular flexibility index (Phi) is 10.6. The van der Waals surface area contributed by atoms with Gasteiger partial charge >= 0.3 is 12.1 Å². The van der Waals surface area contributed by atoms with Crippen LogP contribution in [0.5, 0.6) is 0 Å². The number of esters is 1. The first-order valence-corrected chi connectivity index (χ1v) is 9.18. The van der Waals surface area contributed by atoms with Gasteiger partial charge in [-0.2, -0.15) is 0 Å². The van der Waals surface area contributed by atoms with Gasteiger partial charge in [-0.15, -0.1) is 0 Å². The summed E-state index contributed by atoms with van der Waals surface area (Å²) in [5.41, 5.74) is 0.133. The van der Waals surface area contributed by atoms with Crippen molar-refractivity contribution in [1.29, 1.82) is 0 Å². The summed E-state index contributed by atoms with van der Waals surface area (Å²) in [4.78, 5) is 22.6. The number of halogens is 3. The van der Waals surface area contributed by atoms with Gasteiger partial charge in [0.05, 0.1) is 6.54 Å². The standard InChI is InChI=1S/C12H18Br3NO4/c1-9(2)10(17)19-4-3-16-11(18)20-8-12(5-13,6-14)7-15/h1,3-8H2,2H3,(H,16,18). The van der Waals surface area contributed by atoms with Crippen molar-refractivity contribution in [3.8, 4) is 0 Å². The van der Waals surface area contributed by atoms with Crippen LogP contribution in [0.2, 0.25) is 0 Å². The second kappa shape index (κ2) is 10.6. The number of alkyl carbamates (subject to hydrolysis) is 1. The number of amides is 1. The first-order chi connectivity index (χ1) is 9.40. The van der Waals surface area contributed by atoms with E-state index in [0.717, 1.165) is 0 Å². The topological polar surface area (TPSA) is 64.6 Å². The zero-order chi connectivity index (χ0) is 15.6. The van der Waals surface area contributed by atoms with E-state index in [0.29, 0.717) is 21.6 Å². The molecule has 0 aliphatic rings. The van der Waals surface area contributed by atoms with Gasteiger partial charge in [0.15, 0.2) is 0 Å². The molecule has 0 heterocycles. The normalized spacial score (nSPS) is 10.8. The van der Waals surface area contributed by atoms with Gasteiger partial charge in [0.2, 0.25) is 0 Å². The molecule has 1 N–H and O–H groups in total. The van der Waals surface area contributed by atoms with Crippen molar-refractivity contribution in [3.05, 3.63) is 12.2 Å². The van der Waals surface area contributed by atoms with Gasteiger partial charge in [0.25, 0.3) is 0 Å². The Morgan fingerprint density at radius 3 is 2.15 bits per heavy atom. The quantitative estimate of drug-likeness (QED) is 0.239. The molecule has 0 aliphatic heterocycles. The summed E-state index contributed by atoms with van der Waals surface area (Å²) in [6.07, 6.45) is -0.538. The third-order valence-corrected chi connectivity index (χ3v) is 5.88. The monoisotopic (exact) mass is 477 g/mol. The Balaban J connectivity index is 3.90. The lowest BCUT2D eigenvalue weighted by Crippen LogP contribution is -2.37. The van der Waals surface area contributed by atoms with Crippen LogP contribution in [-0.4, -0.2) is 47.8 Å². The molecule has 0 aromatic carbocycles. The van der Waals surface area contributed by atoms with Gasteiger partial charge in [0, 0.05) is 27.0 Å². The highest BCUT2D eigenvalue weighted by Gasteiger charge is 2.28. The van der Waals surface area contributed by atoms with E-state index in [1.165, 1.54) is 0 Å². The van der Waals surface area contributed by atoms with E-state index in [4.69, 9.17) is 9.47 Å². The van der Waals surface area contributed by atoms with E-state index in [9.17, 15) is 9.59 Å². The van der Waals surface area contributed by atoms with Crippen LogP contribution in [0, 0.1) is 5.41 Å². The van der Waals surface area contributed by atoms with Crippen molar-refractivity contribution in [3.63, 3.8) is 0 Å². The predicted octanol–water partition coefficient (Wildman–Crippen LogP) is 3.00. The zero-order valence-electron chi connectivity index (χ0n) is 11.2. The molecule has 116 valence electrons. The van der Waals surface area contributed by atoms with E-state index < -0.39 is 12.1 Å². The van der Waals surface area contributed by atoms with E-state index in [2.05, 4.69) is 59.7 Å². The van der Waals surface area contributed by atoms with Crippen LogP contribution in [0.15, 0.2) is 12.2 Å². The summed E-state index contributed by atoms with van der Waals surface area (Å²) < 4.78 is 9.97. The Bertz CT molecular complexity index is 337. The van der Waals surface area contributed by atoms with Crippen LogP contribution >= 0.6 is 47.8 Å². The molecule has 0 saturated heterocycles. The summed E-state index contributed by atoms with van der Waals surface area (Å²) in [7, 11) is 0. The Morgan fingerprint density at radius 2 is 1.70 bits per heavy atom. The summed E-state index contributed by atoms with van der Waals surface area (Å²) in [5.74, 6) is -0.475. The van der Waals surface area contributed by atoms with Crippen molar-refractivity contribution in [1.82, 2.24) is 5.32 Å². The molecule has 5 nitrogen and oxygen atoms in total. The molecular weight excluding hydrogens is 462 g/mol. The number of carbonyl (C=O) groups is 2. The van der Waals surface area contributed by atoms with Crippen LogP contribution < -0.4 is 5.32 Å². The first-order valence-electron chi connectivity index (χ1n) is 5.82. The lowest BCUT2D eigenvalue weighted by molar-refractivity contribution is -0.138. The summed E-state index contributed by atoms with van der Waals surface area (Å²) in [6, 6.07) is 0. The Labute approximate surface area is 144 Å². The fraction of sp³-hybridized carbons (Fsp3) is 0.667. The average Bonchev–Trinajstić information content (AvgIpc) is 2.45. The molecule has 0 aliphatic carbocycles. The second-order valence-electron chi connectivity index (χ2n) is 4.32. The number of alkyl halides is 3. The van der Waals surface area contributed by atoms with Crippen molar-refractivity contribution in [2.75, 3.05) is 35.7 Å². The highest BCUT2D eigenvalue weighted by Crippen LogP contribution is 2.26. The Hall–Kier alpha value is -0.0800. The largest absolute Gasteiger partial charge is 0.460 e. The average molecular weight is 480 g/mol. The molecule has 0 atom stereocenters. The van der Waals surface area contributed by atoms with Crippen molar-refractivity contribution < 1.29 is 19.1 Å². The summed E-state index contributed by atoms with van der Waals surface area (Å²) in [5, 5.41) is 4.59. The fourth-order valence-corrected chi connectivity index (χ4v) is 4.18. The maximum atomic E-state index is 11.5. The number of rotatable bonds is 9. The smallest absolute Gasteiger partial charge is 0.407 e. The molecule has 0 bridgehead atoms. The molecule has 0 saturated carbocycles. The number of hydrogen-bond donors (Lipinski definition) is 1. The molecule has 0 fully saturated rings. The molecule has 8 heteroatoms. The predicted molar refractivity (Wildman–Crippen MR) is 88.9 cm³/mol. The number of nitrogens with one attached hydrogen (secondary N) is 1. The maximum Gasteiger partial charge on any atom is 0.407 e. The maximum absolute atomic E-state index is 11.5. The fourth-order valence-electron chi connectivity index (χ4n) is 0.913. The SMILES string of the molecule is C=C(C)C(=O)OCCNC(=O)OCC(CBr)(CBr)CBr.